The second kappa shape index (κ2) is 6.89. The Morgan fingerprint density at radius 1 is 1.16 bits per heavy atom. The predicted octanol–water partition coefficient (Wildman–Crippen LogP) is 2.96. The second-order valence-electron chi connectivity index (χ2n) is 6.09. The molecule has 0 aliphatic carbocycles. The number of carbonyl (C=O) groups is 1. The van der Waals surface area contributed by atoms with Crippen LogP contribution in [-0.4, -0.2) is 15.5 Å². The van der Waals surface area contributed by atoms with Gasteiger partial charge in [-0.15, -0.1) is 0 Å². The Kier molecular flexibility index (Phi) is 4.65. The van der Waals surface area contributed by atoms with Crippen LogP contribution in [0.25, 0.3) is 11.0 Å². The van der Waals surface area contributed by atoms with Crippen LogP contribution >= 0.6 is 0 Å². The molecule has 5 heteroatoms. The first-order chi connectivity index (χ1) is 12.0. The van der Waals surface area contributed by atoms with Crippen molar-refractivity contribution in [1.82, 2.24) is 14.9 Å². The van der Waals surface area contributed by atoms with Crippen molar-refractivity contribution in [3.63, 3.8) is 0 Å². The number of benzene rings is 1. The Balaban J connectivity index is 1.96. The van der Waals surface area contributed by atoms with E-state index in [1.165, 1.54) is 0 Å². The predicted molar refractivity (Wildman–Crippen MR) is 98.8 cm³/mol. The third-order valence-corrected chi connectivity index (χ3v) is 4.35. The molecule has 0 unspecified atom stereocenters. The standard InChI is InChI=1S/C20H21N3O2/c1-4-23-12-17(18(24)16-10-9-14(3)22-19(16)23)20(25)21-11-15-8-6-5-7-13(15)2/h5-10,12H,4,11H2,1-3H3,(H,21,25). The monoisotopic (exact) mass is 335 g/mol. The van der Waals surface area contributed by atoms with Crippen molar-refractivity contribution >= 4 is 16.9 Å². The molecular formula is C20H21N3O2. The Morgan fingerprint density at radius 2 is 1.92 bits per heavy atom. The number of aryl methyl sites for hydroxylation is 3. The number of pyridine rings is 2. The lowest BCUT2D eigenvalue weighted by Gasteiger charge is -2.12. The van der Waals surface area contributed by atoms with Gasteiger partial charge < -0.3 is 9.88 Å². The summed E-state index contributed by atoms with van der Waals surface area (Å²) in [4.78, 5) is 29.7. The van der Waals surface area contributed by atoms with Crippen LogP contribution in [0.3, 0.4) is 0 Å². The number of aromatic nitrogens is 2. The molecule has 3 rings (SSSR count). The summed E-state index contributed by atoms with van der Waals surface area (Å²) >= 11 is 0. The van der Waals surface area contributed by atoms with Crippen LogP contribution in [0.2, 0.25) is 0 Å². The van der Waals surface area contributed by atoms with Crippen molar-refractivity contribution in [2.45, 2.75) is 33.9 Å². The summed E-state index contributed by atoms with van der Waals surface area (Å²) in [6.45, 7) is 6.86. The normalized spacial score (nSPS) is 10.8. The fourth-order valence-corrected chi connectivity index (χ4v) is 2.84. The van der Waals surface area contributed by atoms with Crippen molar-refractivity contribution in [2.75, 3.05) is 0 Å². The van der Waals surface area contributed by atoms with Crippen molar-refractivity contribution < 1.29 is 4.79 Å². The molecule has 0 atom stereocenters. The number of hydrogen-bond donors (Lipinski definition) is 1. The molecule has 2 heterocycles. The highest BCUT2D eigenvalue weighted by molar-refractivity contribution is 5.96. The molecule has 1 N–H and O–H groups in total. The first-order valence-corrected chi connectivity index (χ1v) is 8.34. The van der Waals surface area contributed by atoms with Gasteiger partial charge in [0.25, 0.3) is 5.91 Å². The molecule has 0 saturated heterocycles. The van der Waals surface area contributed by atoms with E-state index in [9.17, 15) is 9.59 Å². The molecule has 0 aliphatic heterocycles. The summed E-state index contributed by atoms with van der Waals surface area (Å²) in [5, 5.41) is 3.32. The van der Waals surface area contributed by atoms with E-state index in [1.807, 2.05) is 49.6 Å². The third-order valence-electron chi connectivity index (χ3n) is 4.35. The van der Waals surface area contributed by atoms with Gasteiger partial charge in [-0.3, -0.25) is 9.59 Å². The van der Waals surface area contributed by atoms with Gasteiger partial charge in [-0.05, 0) is 44.0 Å². The third kappa shape index (κ3) is 3.31. The largest absolute Gasteiger partial charge is 0.348 e. The number of nitrogens with zero attached hydrogens (tertiary/aromatic N) is 2. The van der Waals surface area contributed by atoms with E-state index in [-0.39, 0.29) is 16.9 Å². The molecule has 128 valence electrons. The minimum atomic E-state index is -0.363. The Morgan fingerprint density at radius 3 is 2.64 bits per heavy atom. The molecule has 5 nitrogen and oxygen atoms in total. The highest BCUT2D eigenvalue weighted by atomic mass is 16.2. The zero-order valence-corrected chi connectivity index (χ0v) is 14.7. The average Bonchev–Trinajstić information content (AvgIpc) is 2.61. The van der Waals surface area contributed by atoms with Crippen LogP contribution in [0, 0.1) is 13.8 Å². The lowest BCUT2D eigenvalue weighted by atomic mass is 10.1. The topological polar surface area (TPSA) is 64.0 Å². The van der Waals surface area contributed by atoms with E-state index >= 15 is 0 Å². The Labute approximate surface area is 146 Å². The van der Waals surface area contributed by atoms with E-state index in [0.717, 1.165) is 16.8 Å². The van der Waals surface area contributed by atoms with Gasteiger partial charge in [0.1, 0.15) is 11.2 Å². The first kappa shape index (κ1) is 16.9. The molecule has 0 radical (unpaired) electrons. The summed E-state index contributed by atoms with van der Waals surface area (Å²) in [6, 6.07) is 11.4. The smallest absolute Gasteiger partial charge is 0.257 e. The Hall–Kier alpha value is -2.95. The minimum absolute atomic E-state index is 0.147. The van der Waals surface area contributed by atoms with Crippen LogP contribution in [-0.2, 0) is 13.1 Å². The summed E-state index contributed by atoms with van der Waals surface area (Å²) in [7, 11) is 0. The number of nitrogens with one attached hydrogen (secondary N) is 1. The molecule has 0 bridgehead atoms. The van der Waals surface area contributed by atoms with Gasteiger partial charge in [0.05, 0.1) is 5.39 Å². The quantitative estimate of drug-likeness (QED) is 0.797. The van der Waals surface area contributed by atoms with E-state index in [2.05, 4.69) is 10.3 Å². The van der Waals surface area contributed by atoms with Gasteiger partial charge in [0, 0.05) is 25.0 Å². The molecule has 1 aromatic carbocycles. The van der Waals surface area contributed by atoms with E-state index in [4.69, 9.17) is 0 Å². The first-order valence-electron chi connectivity index (χ1n) is 8.34. The van der Waals surface area contributed by atoms with Crippen LogP contribution in [0.1, 0.15) is 34.1 Å². The van der Waals surface area contributed by atoms with Crippen molar-refractivity contribution in [3.05, 3.63) is 75.2 Å². The number of amides is 1. The maximum atomic E-state index is 12.7. The Bertz CT molecular complexity index is 1010. The highest BCUT2D eigenvalue weighted by Gasteiger charge is 2.16. The molecule has 0 spiro atoms. The molecule has 0 aliphatic rings. The number of hydrogen-bond acceptors (Lipinski definition) is 3. The maximum absolute atomic E-state index is 12.7. The molecule has 3 aromatic rings. The molecule has 25 heavy (non-hydrogen) atoms. The zero-order valence-electron chi connectivity index (χ0n) is 14.7. The van der Waals surface area contributed by atoms with Crippen LogP contribution in [0.15, 0.2) is 47.4 Å². The fraction of sp³-hybridized carbons (Fsp3) is 0.250. The van der Waals surface area contributed by atoms with Crippen molar-refractivity contribution in [2.24, 2.45) is 0 Å². The van der Waals surface area contributed by atoms with Gasteiger partial charge in [-0.1, -0.05) is 24.3 Å². The SMILES string of the molecule is CCn1cc(C(=O)NCc2ccccc2C)c(=O)c2ccc(C)nc21. The highest BCUT2D eigenvalue weighted by Crippen LogP contribution is 2.11. The maximum Gasteiger partial charge on any atom is 0.257 e. The second-order valence-corrected chi connectivity index (χ2v) is 6.09. The summed E-state index contributed by atoms with van der Waals surface area (Å²) in [5.41, 5.74) is 3.45. The van der Waals surface area contributed by atoms with Crippen molar-refractivity contribution in [1.29, 1.82) is 0 Å². The molecular weight excluding hydrogens is 314 g/mol. The van der Waals surface area contributed by atoms with Crippen LogP contribution in [0.4, 0.5) is 0 Å². The summed E-state index contributed by atoms with van der Waals surface area (Å²) in [5.74, 6) is -0.363. The van der Waals surface area contributed by atoms with Gasteiger partial charge in [0.15, 0.2) is 0 Å². The fourth-order valence-electron chi connectivity index (χ4n) is 2.84. The zero-order chi connectivity index (χ0) is 18.0. The van der Waals surface area contributed by atoms with Gasteiger partial charge in [0.2, 0.25) is 5.43 Å². The van der Waals surface area contributed by atoms with Crippen LogP contribution in [0.5, 0.6) is 0 Å². The molecule has 2 aromatic heterocycles. The van der Waals surface area contributed by atoms with E-state index < -0.39 is 0 Å². The van der Waals surface area contributed by atoms with E-state index in [1.54, 1.807) is 18.3 Å². The molecule has 1 amide bonds. The summed E-state index contributed by atoms with van der Waals surface area (Å²) < 4.78 is 1.84. The number of rotatable bonds is 4. The number of carbonyl (C=O) groups excluding carboxylic acids is 1. The molecule has 0 saturated carbocycles. The summed E-state index contributed by atoms with van der Waals surface area (Å²) in [6.07, 6.45) is 1.60. The number of fused-ring (bicyclic) bond motifs is 1. The van der Waals surface area contributed by atoms with Crippen molar-refractivity contribution in [3.8, 4) is 0 Å². The lowest BCUT2D eigenvalue weighted by molar-refractivity contribution is 0.0949. The average molecular weight is 335 g/mol. The van der Waals surface area contributed by atoms with E-state index in [0.29, 0.717) is 24.1 Å². The van der Waals surface area contributed by atoms with Gasteiger partial charge >= 0.3 is 0 Å². The molecule has 0 fully saturated rings. The van der Waals surface area contributed by atoms with Gasteiger partial charge in [-0.25, -0.2) is 4.98 Å². The lowest BCUT2D eigenvalue weighted by Crippen LogP contribution is -2.30. The van der Waals surface area contributed by atoms with Gasteiger partial charge in [-0.2, -0.15) is 0 Å². The minimum Gasteiger partial charge on any atom is -0.348 e. The van der Waals surface area contributed by atoms with Crippen LogP contribution < -0.4 is 10.7 Å².